The van der Waals surface area contributed by atoms with Gasteiger partial charge in [-0.3, -0.25) is 4.79 Å². The quantitative estimate of drug-likeness (QED) is 0.470. The second-order valence-electron chi connectivity index (χ2n) is 1.51. The van der Waals surface area contributed by atoms with Crippen molar-refractivity contribution < 1.29 is 4.79 Å². The summed E-state index contributed by atoms with van der Waals surface area (Å²) in [6, 6.07) is 0. The fraction of sp³-hybridized carbons (Fsp3) is 0.800. The second-order valence-corrected chi connectivity index (χ2v) is 1.51. The van der Waals surface area contributed by atoms with E-state index < -0.39 is 0 Å². The molecule has 2 nitrogen and oxygen atoms in total. The lowest BCUT2D eigenvalue weighted by atomic mass is 10.5. The zero-order chi connectivity index (χ0) is 5.70. The first-order valence-electron chi connectivity index (χ1n) is 2.40. The lowest BCUT2D eigenvalue weighted by Gasteiger charge is -2.03. The summed E-state index contributed by atoms with van der Waals surface area (Å²) >= 11 is 0. The standard InChI is InChI=1S/C5H10NO/c1-3-4-6(2)5-7/h3-4H2,1-2H3. The zero-order valence-electron chi connectivity index (χ0n) is 4.77. The molecule has 0 spiro atoms. The molecule has 0 N–H and O–H groups in total. The van der Waals surface area contributed by atoms with Crippen LogP contribution in [-0.4, -0.2) is 24.9 Å². The van der Waals surface area contributed by atoms with E-state index >= 15 is 0 Å². The van der Waals surface area contributed by atoms with Crippen LogP contribution in [0, 0.1) is 0 Å². The van der Waals surface area contributed by atoms with Gasteiger partial charge in [0.15, 0.2) is 0 Å². The minimum atomic E-state index is 0.809. The second kappa shape index (κ2) is 3.65. The van der Waals surface area contributed by atoms with E-state index in [1.54, 1.807) is 13.5 Å². The molecule has 0 saturated heterocycles. The van der Waals surface area contributed by atoms with Gasteiger partial charge >= 0.3 is 6.41 Å². The highest BCUT2D eigenvalue weighted by Gasteiger charge is 1.86. The Bertz CT molecular complexity index is 54.0. The van der Waals surface area contributed by atoms with E-state index in [2.05, 4.69) is 0 Å². The van der Waals surface area contributed by atoms with Crippen LogP contribution in [-0.2, 0) is 4.79 Å². The average Bonchev–Trinajstić information content (AvgIpc) is 1.68. The first-order valence-corrected chi connectivity index (χ1v) is 2.40. The summed E-state index contributed by atoms with van der Waals surface area (Å²) in [5.74, 6) is 0. The molecule has 0 fully saturated rings. The van der Waals surface area contributed by atoms with E-state index in [9.17, 15) is 4.79 Å². The number of hydrogen-bond acceptors (Lipinski definition) is 1. The lowest BCUT2D eigenvalue weighted by Crippen LogP contribution is -2.15. The molecule has 0 unspecified atom stereocenters. The molecule has 1 amide bonds. The van der Waals surface area contributed by atoms with Gasteiger partial charge in [-0.2, -0.15) is 0 Å². The molecule has 7 heavy (non-hydrogen) atoms. The van der Waals surface area contributed by atoms with Crippen LogP contribution in [0.3, 0.4) is 0 Å². The van der Waals surface area contributed by atoms with Crippen molar-refractivity contribution >= 4 is 6.41 Å². The number of nitrogens with zero attached hydrogens (tertiary/aromatic N) is 1. The van der Waals surface area contributed by atoms with E-state index in [0.29, 0.717) is 0 Å². The van der Waals surface area contributed by atoms with Crippen LogP contribution in [0.1, 0.15) is 13.3 Å². The van der Waals surface area contributed by atoms with Crippen molar-refractivity contribution in [3.05, 3.63) is 0 Å². The van der Waals surface area contributed by atoms with Crippen LogP contribution in [0.5, 0.6) is 0 Å². The zero-order valence-corrected chi connectivity index (χ0v) is 4.77. The molecule has 0 saturated carbocycles. The fourth-order valence-corrected chi connectivity index (χ4v) is 0.381. The Balaban J connectivity index is 2.98. The van der Waals surface area contributed by atoms with Gasteiger partial charge in [-0.25, -0.2) is 0 Å². The molecule has 0 aromatic rings. The number of rotatable bonds is 3. The minimum Gasteiger partial charge on any atom is -0.338 e. The number of hydrogen-bond donors (Lipinski definition) is 0. The topological polar surface area (TPSA) is 20.3 Å². The molecule has 0 aliphatic heterocycles. The maximum absolute atomic E-state index is 9.70. The van der Waals surface area contributed by atoms with Crippen LogP contribution < -0.4 is 0 Å². The van der Waals surface area contributed by atoms with E-state index in [1.165, 1.54) is 4.90 Å². The number of carbonyl (C=O) groups excluding carboxylic acids is 1. The average molecular weight is 100 g/mol. The van der Waals surface area contributed by atoms with Crippen molar-refractivity contribution in [3.8, 4) is 0 Å². The Hall–Kier alpha value is -0.530. The molecule has 0 aromatic heterocycles. The first-order chi connectivity index (χ1) is 3.31. The van der Waals surface area contributed by atoms with E-state index in [0.717, 1.165) is 13.0 Å². The molecular weight excluding hydrogens is 90.1 g/mol. The Morgan fingerprint density at radius 2 is 2.29 bits per heavy atom. The van der Waals surface area contributed by atoms with Crippen molar-refractivity contribution in [1.82, 2.24) is 4.90 Å². The predicted octanol–water partition coefficient (Wildman–Crippen LogP) is 0.395. The Labute approximate surface area is 44.1 Å². The first kappa shape index (κ1) is 6.47. The summed E-state index contributed by atoms with van der Waals surface area (Å²) in [6.45, 7) is 2.83. The van der Waals surface area contributed by atoms with Gasteiger partial charge in [0, 0.05) is 13.6 Å². The summed E-state index contributed by atoms with van der Waals surface area (Å²) in [5.41, 5.74) is 0. The smallest absolute Gasteiger partial charge is 0.311 e. The van der Waals surface area contributed by atoms with Crippen LogP contribution >= 0.6 is 0 Å². The lowest BCUT2D eigenvalue weighted by molar-refractivity contribution is 0.433. The van der Waals surface area contributed by atoms with Gasteiger partial charge in [0.25, 0.3) is 0 Å². The predicted molar refractivity (Wildman–Crippen MR) is 28.6 cm³/mol. The third kappa shape index (κ3) is 3.30. The third-order valence-electron chi connectivity index (χ3n) is 0.715. The van der Waals surface area contributed by atoms with Gasteiger partial charge in [-0.1, -0.05) is 6.92 Å². The van der Waals surface area contributed by atoms with E-state index in [-0.39, 0.29) is 0 Å². The third-order valence-corrected chi connectivity index (χ3v) is 0.715. The molecule has 0 aliphatic rings. The Morgan fingerprint density at radius 1 is 1.71 bits per heavy atom. The molecule has 1 radical (unpaired) electrons. The van der Waals surface area contributed by atoms with Crippen LogP contribution in [0.4, 0.5) is 0 Å². The molecule has 2 heteroatoms. The normalized spacial score (nSPS) is 8.29. The molecule has 0 aromatic carbocycles. The van der Waals surface area contributed by atoms with Gasteiger partial charge in [0.1, 0.15) is 0 Å². The van der Waals surface area contributed by atoms with Crippen LogP contribution in [0.25, 0.3) is 0 Å². The minimum absolute atomic E-state index is 0.809. The summed E-state index contributed by atoms with van der Waals surface area (Å²) in [5, 5.41) is 0. The van der Waals surface area contributed by atoms with Crippen molar-refractivity contribution in [3.63, 3.8) is 0 Å². The summed E-state index contributed by atoms with van der Waals surface area (Å²) in [6.07, 6.45) is 2.75. The summed E-state index contributed by atoms with van der Waals surface area (Å²) in [7, 11) is 1.72. The summed E-state index contributed by atoms with van der Waals surface area (Å²) in [4.78, 5) is 11.2. The molecular formula is C5H10NO. The van der Waals surface area contributed by atoms with Crippen molar-refractivity contribution in [2.24, 2.45) is 0 Å². The summed E-state index contributed by atoms with van der Waals surface area (Å²) < 4.78 is 0. The van der Waals surface area contributed by atoms with Crippen LogP contribution in [0.2, 0.25) is 0 Å². The number of amides is 1. The van der Waals surface area contributed by atoms with Crippen molar-refractivity contribution in [2.45, 2.75) is 13.3 Å². The van der Waals surface area contributed by atoms with E-state index in [4.69, 9.17) is 0 Å². The maximum atomic E-state index is 9.70. The highest BCUT2D eigenvalue weighted by molar-refractivity contribution is 5.47. The van der Waals surface area contributed by atoms with Crippen molar-refractivity contribution in [1.29, 1.82) is 0 Å². The monoisotopic (exact) mass is 100 g/mol. The Morgan fingerprint density at radius 3 is 2.43 bits per heavy atom. The highest BCUT2D eigenvalue weighted by Crippen LogP contribution is 1.77. The van der Waals surface area contributed by atoms with Crippen LogP contribution in [0.15, 0.2) is 0 Å². The molecule has 0 bridgehead atoms. The SMILES string of the molecule is CCCN(C)[C]=O. The van der Waals surface area contributed by atoms with Crippen molar-refractivity contribution in [2.75, 3.05) is 13.6 Å². The fourth-order valence-electron chi connectivity index (χ4n) is 0.381. The van der Waals surface area contributed by atoms with Gasteiger partial charge in [0.2, 0.25) is 0 Å². The van der Waals surface area contributed by atoms with Gasteiger partial charge < -0.3 is 4.90 Å². The molecule has 0 heterocycles. The molecule has 41 valence electrons. The molecule has 0 aliphatic carbocycles. The molecule has 0 rings (SSSR count). The highest BCUT2D eigenvalue weighted by atomic mass is 16.1. The van der Waals surface area contributed by atoms with Gasteiger partial charge in [0.05, 0.1) is 0 Å². The van der Waals surface area contributed by atoms with E-state index in [1.807, 2.05) is 6.92 Å². The largest absolute Gasteiger partial charge is 0.338 e. The maximum Gasteiger partial charge on any atom is 0.311 e. The Kier molecular flexibility index (Phi) is 3.38. The van der Waals surface area contributed by atoms with Gasteiger partial charge in [-0.05, 0) is 6.42 Å². The molecule has 0 atom stereocenters. The van der Waals surface area contributed by atoms with Gasteiger partial charge in [-0.15, -0.1) is 0 Å².